The van der Waals surface area contributed by atoms with Crippen LogP contribution in [0.25, 0.3) is 0 Å². The van der Waals surface area contributed by atoms with Crippen LogP contribution in [0.4, 0.5) is 11.8 Å². The van der Waals surface area contributed by atoms with E-state index in [0.29, 0.717) is 23.2 Å². The fraction of sp³-hybridized carbons (Fsp3) is 0.562. The SMILES string of the molecule is Cc1nnc(N2CCC(c3nc(N(C)C)no3)CC2)c(C#N)c1C. The van der Waals surface area contributed by atoms with Crippen molar-refractivity contribution >= 4 is 11.8 Å². The van der Waals surface area contributed by atoms with Crippen molar-refractivity contribution in [2.24, 2.45) is 0 Å². The third kappa shape index (κ3) is 2.89. The molecular formula is C16H21N7O. The van der Waals surface area contributed by atoms with Crippen molar-refractivity contribution in [3.63, 3.8) is 0 Å². The second-order valence-corrected chi connectivity index (χ2v) is 6.31. The number of aryl methyl sites for hydroxylation is 1. The molecule has 3 rings (SSSR count). The van der Waals surface area contributed by atoms with Gasteiger partial charge >= 0.3 is 0 Å². The molecular weight excluding hydrogens is 306 g/mol. The fourth-order valence-corrected chi connectivity index (χ4v) is 2.86. The lowest BCUT2D eigenvalue weighted by Gasteiger charge is -2.31. The van der Waals surface area contributed by atoms with Crippen LogP contribution in [0.5, 0.6) is 0 Å². The van der Waals surface area contributed by atoms with Gasteiger partial charge in [-0.2, -0.15) is 15.3 Å². The molecule has 0 amide bonds. The third-order valence-electron chi connectivity index (χ3n) is 4.52. The molecule has 24 heavy (non-hydrogen) atoms. The monoisotopic (exact) mass is 327 g/mol. The largest absolute Gasteiger partial charge is 0.354 e. The molecule has 3 heterocycles. The minimum absolute atomic E-state index is 0.243. The van der Waals surface area contributed by atoms with Gasteiger partial charge in [0.2, 0.25) is 5.89 Å². The molecule has 0 aliphatic carbocycles. The number of nitrogens with zero attached hydrogens (tertiary/aromatic N) is 7. The van der Waals surface area contributed by atoms with Gasteiger partial charge in [0.1, 0.15) is 11.6 Å². The van der Waals surface area contributed by atoms with E-state index in [1.165, 1.54) is 0 Å². The lowest BCUT2D eigenvalue weighted by Crippen LogP contribution is -2.34. The first-order chi connectivity index (χ1) is 11.5. The number of nitriles is 1. The van der Waals surface area contributed by atoms with Crippen LogP contribution in [-0.4, -0.2) is 47.5 Å². The number of anilines is 2. The van der Waals surface area contributed by atoms with E-state index in [-0.39, 0.29) is 5.92 Å². The van der Waals surface area contributed by atoms with E-state index < -0.39 is 0 Å². The Kier molecular flexibility index (Phi) is 4.34. The Bertz CT molecular complexity index is 769. The van der Waals surface area contributed by atoms with Crippen LogP contribution in [-0.2, 0) is 0 Å². The second-order valence-electron chi connectivity index (χ2n) is 6.31. The van der Waals surface area contributed by atoms with Crippen LogP contribution in [0.15, 0.2) is 4.52 Å². The number of rotatable bonds is 3. The maximum absolute atomic E-state index is 9.46. The van der Waals surface area contributed by atoms with Gasteiger partial charge in [0.25, 0.3) is 5.95 Å². The average Bonchev–Trinajstić information content (AvgIpc) is 3.08. The average molecular weight is 327 g/mol. The smallest absolute Gasteiger partial charge is 0.265 e. The minimum atomic E-state index is 0.243. The van der Waals surface area contributed by atoms with Gasteiger partial charge in [-0.3, -0.25) is 0 Å². The summed E-state index contributed by atoms with van der Waals surface area (Å²) in [6.45, 7) is 5.36. The van der Waals surface area contributed by atoms with Gasteiger partial charge < -0.3 is 14.3 Å². The van der Waals surface area contributed by atoms with Crippen molar-refractivity contribution in [3.8, 4) is 6.07 Å². The van der Waals surface area contributed by atoms with Gasteiger partial charge in [-0.15, -0.1) is 5.10 Å². The summed E-state index contributed by atoms with van der Waals surface area (Å²) in [5.74, 6) is 2.20. The van der Waals surface area contributed by atoms with Gasteiger partial charge in [0, 0.05) is 33.1 Å². The summed E-state index contributed by atoms with van der Waals surface area (Å²) >= 11 is 0. The number of hydrogen-bond acceptors (Lipinski definition) is 8. The van der Waals surface area contributed by atoms with Gasteiger partial charge in [0.05, 0.1) is 5.69 Å². The Morgan fingerprint density at radius 3 is 2.50 bits per heavy atom. The molecule has 8 nitrogen and oxygen atoms in total. The first-order valence-corrected chi connectivity index (χ1v) is 8.01. The van der Waals surface area contributed by atoms with Gasteiger partial charge in [-0.25, -0.2) is 0 Å². The van der Waals surface area contributed by atoms with Crippen LogP contribution >= 0.6 is 0 Å². The zero-order valence-corrected chi connectivity index (χ0v) is 14.4. The molecule has 8 heteroatoms. The molecule has 1 aliphatic heterocycles. The lowest BCUT2D eigenvalue weighted by molar-refractivity contribution is 0.329. The molecule has 1 saturated heterocycles. The van der Waals surface area contributed by atoms with Crippen LogP contribution < -0.4 is 9.80 Å². The minimum Gasteiger partial charge on any atom is -0.354 e. The maximum Gasteiger partial charge on any atom is 0.265 e. The Labute approximate surface area is 141 Å². The van der Waals surface area contributed by atoms with E-state index in [4.69, 9.17) is 4.52 Å². The van der Waals surface area contributed by atoms with Crippen LogP contribution in [0, 0.1) is 25.2 Å². The van der Waals surface area contributed by atoms with Crippen LogP contribution in [0.2, 0.25) is 0 Å². The number of hydrogen-bond donors (Lipinski definition) is 0. The predicted octanol–water partition coefficient (Wildman–Crippen LogP) is 1.80. The zero-order valence-electron chi connectivity index (χ0n) is 14.4. The molecule has 0 spiro atoms. The third-order valence-corrected chi connectivity index (χ3v) is 4.52. The van der Waals surface area contributed by atoms with Gasteiger partial charge in [-0.05, 0) is 37.4 Å². The van der Waals surface area contributed by atoms with E-state index in [2.05, 4.69) is 31.3 Å². The normalized spacial score (nSPS) is 15.4. The Morgan fingerprint density at radius 1 is 1.21 bits per heavy atom. The molecule has 0 saturated carbocycles. The number of aromatic nitrogens is 4. The van der Waals surface area contributed by atoms with E-state index >= 15 is 0 Å². The van der Waals surface area contributed by atoms with Gasteiger partial charge in [-0.1, -0.05) is 0 Å². The molecule has 1 aliphatic rings. The van der Waals surface area contributed by atoms with Crippen molar-refractivity contribution in [2.75, 3.05) is 37.0 Å². The lowest BCUT2D eigenvalue weighted by atomic mass is 9.96. The van der Waals surface area contributed by atoms with Crippen molar-refractivity contribution in [1.82, 2.24) is 20.3 Å². The summed E-state index contributed by atoms with van der Waals surface area (Å²) in [4.78, 5) is 8.39. The summed E-state index contributed by atoms with van der Waals surface area (Å²) in [5, 5.41) is 21.9. The van der Waals surface area contributed by atoms with Crippen molar-refractivity contribution in [2.45, 2.75) is 32.6 Å². The van der Waals surface area contributed by atoms with Gasteiger partial charge in [0.15, 0.2) is 5.82 Å². The molecule has 1 fully saturated rings. The topological polar surface area (TPSA) is 95.0 Å². The highest BCUT2D eigenvalue weighted by molar-refractivity contribution is 5.57. The van der Waals surface area contributed by atoms with Crippen LogP contribution in [0.3, 0.4) is 0 Å². The van der Waals surface area contributed by atoms with E-state index in [1.807, 2.05) is 32.8 Å². The summed E-state index contributed by atoms with van der Waals surface area (Å²) in [6, 6.07) is 2.27. The molecule has 126 valence electrons. The Balaban J connectivity index is 1.73. The van der Waals surface area contributed by atoms with E-state index in [1.54, 1.807) is 0 Å². The molecule has 0 atom stereocenters. The first-order valence-electron chi connectivity index (χ1n) is 8.01. The van der Waals surface area contributed by atoms with Crippen molar-refractivity contribution < 1.29 is 4.52 Å². The van der Waals surface area contributed by atoms with E-state index in [0.717, 1.165) is 37.2 Å². The zero-order chi connectivity index (χ0) is 17.3. The molecule has 0 aromatic carbocycles. The Morgan fingerprint density at radius 2 is 1.92 bits per heavy atom. The standard InChI is InChI=1S/C16H21N7O/c1-10-11(2)19-20-14(13(10)9-17)23-7-5-12(6-8-23)15-18-16(21-24-15)22(3)4/h12H,5-8H2,1-4H3. The number of piperidine rings is 1. The molecule has 0 N–H and O–H groups in total. The van der Waals surface area contributed by atoms with E-state index in [9.17, 15) is 5.26 Å². The highest BCUT2D eigenvalue weighted by atomic mass is 16.5. The molecule has 0 radical (unpaired) electrons. The van der Waals surface area contributed by atoms with Crippen molar-refractivity contribution in [3.05, 3.63) is 22.7 Å². The molecule has 2 aromatic rings. The quantitative estimate of drug-likeness (QED) is 0.842. The van der Waals surface area contributed by atoms with Crippen molar-refractivity contribution in [1.29, 1.82) is 5.26 Å². The molecule has 0 bridgehead atoms. The highest BCUT2D eigenvalue weighted by Crippen LogP contribution is 2.31. The first kappa shape index (κ1) is 16.2. The summed E-state index contributed by atoms with van der Waals surface area (Å²) in [6.07, 6.45) is 1.77. The maximum atomic E-state index is 9.46. The molecule has 0 unspecified atom stereocenters. The second kappa shape index (κ2) is 6.43. The highest BCUT2D eigenvalue weighted by Gasteiger charge is 2.28. The molecule has 2 aromatic heterocycles. The summed E-state index contributed by atoms with van der Waals surface area (Å²) in [7, 11) is 3.78. The fourth-order valence-electron chi connectivity index (χ4n) is 2.86. The summed E-state index contributed by atoms with van der Waals surface area (Å²) in [5.41, 5.74) is 2.32. The summed E-state index contributed by atoms with van der Waals surface area (Å²) < 4.78 is 5.38. The predicted molar refractivity (Wildman–Crippen MR) is 89.0 cm³/mol. The Hall–Kier alpha value is -2.69. The van der Waals surface area contributed by atoms with Crippen LogP contribution in [0.1, 0.15) is 41.5 Å².